The van der Waals surface area contributed by atoms with Crippen molar-refractivity contribution >= 4 is 23.7 Å². The highest BCUT2D eigenvalue weighted by molar-refractivity contribution is 7.99. The molecule has 2 aromatic rings. The summed E-state index contributed by atoms with van der Waals surface area (Å²) in [5.41, 5.74) is 2.25. The number of rotatable bonds is 5. The van der Waals surface area contributed by atoms with E-state index in [1.54, 1.807) is 17.8 Å². The molecule has 0 aliphatic heterocycles. The Morgan fingerprint density at radius 1 is 1.12 bits per heavy atom. The van der Waals surface area contributed by atoms with Gasteiger partial charge in [-0.1, -0.05) is 60.5 Å². The molecule has 0 radical (unpaired) electrons. The zero-order valence-corrected chi connectivity index (χ0v) is 15.8. The van der Waals surface area contributed by atoms with E-state index in [-0.39, 0.29) is 11.9 Å². The molecular weight excluding hydrogens is 342 g/mol. The number of benzene rings is 2. The number of aliphatic hydroxyl groups excluding tert-OH is 1. The second kappa shape index (κ2) is 9.06. The zero-order valence-electron chi connectivity index (χ0n) is 15.0. The Hall–Kier alpha value is -2.04. The minimum absolute atomic E-state index is 0.127. The van der Waals surface area contributed by atoms with Gasteiger partial charge in [0.05, 0.1) is 12.1 Å². The molecule has 2 unspecified atom stereocenters. The number of carbonyl (C=O) groups is 1. The third-order valence-corrected chi connectivity index (χ3v) is 5.74. The van der Waals surface area contributed by atoms with Crippen LogP contribution in [-0.4, -0.2) is 23.2 Å². The molecule has 2 atom stereocenters. The highest BCUT2D eigenvalue weighted by Crippen LogP contribution is 2.31. The van der Waals surface area contributed by atoms with Crippen LogP contribution in [0, 0.1) is 6.92 Å². The topological polar surface area (TPSA) is 49.3 Å². The standard InChI is InChI=1S/C22H25NO2S/c1-16-10-13-18(14-11-16)26-21-9-5-2-6-17(21)12-15-22(25)23-19-7-3-4-8-20(19)24/h2,5-6,9-15,19-20,24H,3-4,7-8H2,1H3,(H,23,25)/b15-12+. The van der Waals surface area contributed by atoms with Gasteiger partial charge in [0.1, 0.15) is 0 Å². The molecule has 0 saturated heterocycles. The van der Waals surface area contributed by atoms with Crippen molar-refractivity contribution in [2.45, 2.75) is 54.5 Å². The fourth-order valence-electron chi connectivity index (χ4n) is 3.12. The lowest BCUT2D eigenvalue weighted by atomic mass is 9.92. The van der Waals surface area contributed by atoms with Gasteiger partial charge in [-0.3, -0.25) is 4.79 Å². The maximum absolute atomic E-state index is 12.2. The van der Waals surface area contributed by atoms with Crippen molar-refractivity contribution in [3.8, 4) is 0 Å². The summed E-state index contributed by atoms with van der Waals surface area (Å²) < 4.78 is 0. The van der Waals surface area contributed by atoms with Crippen molar-refractivity contribution < 1.29 is 9.90 Å². The summed E-state index contributed by atoms with van der Waals surface area (Å²) in [6.07, 6.45) is 6.70. The van der Waals surface area contributed by atoms with Gasteiger partial charge in [0.25, 0.3) is 0 Å². The summed E-state index contributed by atoms with van der Waals surface area (Å²) in [5, 5.41) is 12.9. The van der Waals surface area contributed by atoms with E-state index in [2.05, 4.69) is 42.6 Å². The number of nitrogens with one attached hydrogen (secondary N) is 1. The molecule has 1 fully saturated rings. The van der Waals surface area contributed by atoms with Gasteiger partial charge >= 0.3 is 0 Å². The van der Waals surface area contributed by atoms with Crippen molar-refractivity contribution in [2.75, 3.05) is 0 Å². The fourth-order valence-corrected chi connectivity index (χ4v) is 4.05. The predicted octanol–water partition coefficient (Wildman–Crippen LogP) is 4.58. The summed E-state index contributed by atoms with van der Waals surface area (Å²) in [5.74, 6) is -0.147. The molecule has 136 valence electrons. The van der Waals surface area contributed by atoms with Crippen molar-refractivity contribution in [3.63, 3.8) is 0 Å². The Morgan fingerprint density at radius 3 is 2.62 bits per heavy atom. The van der Waals surface area contributed by atoms with Crippen LogP contribution in [0.25, 0.3) is 6.08 Å². The van der Waals surface area contributed by atoms with Gasteiger partial charge in [0, 0.05) is 15.9 Å². The third-order valence-electron chi connectivity index (χ3n) is 4.64. The van der Waals surface area contributed by atoms with Gasteiger partial charge in [-0.25, -0.2) is 0 Å². The Labute approximate surface area is 159 Å². The van der Waals surface area contributed by atoms with Crippen LogP contribution in [0.4, 0.5) is 0 Å². The first-order chi connectivity index (χ1) is 12.6. The second-order valence-corrected chi connectivity index (χ2v) is 7.87. The SMILES string of the molecule is Cc1ccc(Sc2ccccc2/C=C/C(=O)NC2CCCCC2O)cc1. The average Bonchev–Trinajstić information content (AvgIpc) is 2.65. The predicted molar refractivity (Wildman–Crippen MR) is 107 cm³/mol. The van der Waals surface area contributed by atoms with Gasteiger partial charge in [-0.05, 0) is 49.6 Å². The number of aryl methyl sites for hydroxylation is 1. The van der Waals surface area contributed by atoms with Gasteiger partial charge in [-0.2, -0.15) is 0 Å². The molecule has 0 spiro atoms. The number of aliphatic hydroxyl groups is 1. The van der Waals surface area contributed by atoms with E-state index in [4.69, 9.17) is 0 Å². The quantitative estimate of drug-likeness (QED) is 0.761. The monoisotopic (exact) mass is 367 g/mol. The van der Waals surface area contributed by atoms with E-state index in [9.17, 15) is 9.90 Å². The summed E-state index contributed by atoms with van der Waals surface area (Å²) >= 11 is 1.69. The summed E-state index contributed by atoms with van der Waals surface area (Å²) in [6.45, 7) is 2.08. The Bertz CT molecular complexity index is 770. The molecule has 1 aliphatic rings. The Kier molecular flexibility index (Phi) is 6.53. The van der Waals surface area contributed by atoms with Crippen molar-refractivity contribution in [1.82, 2.24) is 5.32 Å². The van der Waals surface area contributed by atoms with Crippen LogP contribution in [-0.2, 0) is 4.79 Å². The van der Waals surface area contributed by atoms with Gasteiger partial charge < -0.3 is 10.4 Å². The van der Waals surface area contributed by atoms with E-state index in [0.29, 0.717) is 0 Å². The Morgan fingerprint density at radius 2 is 1.85 bits per heavy atom. The van der Waals surface area contributed by atoms with Crippen molar-refractivity contribution in [2.24, 2.45) is 0 Å². The molecule has 2 aromatic carbocycles. The first-order valence-corrected chi connectivity index (χ1v) is 9.93. The molecule has 3 nitrogen and oxygen atoms in total. The number of amides is 1. The molecule has 1 amide bonds. The molecule has 1 saturated carbocycles. The summed E-state index contributed by atoms with van der Waals surface area (Å²) in [4.78, 5) is 14.5. The van der Waals surface area contributed by atoms with Crippen LogP contribution < -0.4 is 5.32 Å². The highest BCUT2D eigenvalue weighted by Gasteiger charge is 2.23. The molecule has 4 heteroatoms. The first kappa shape index (κ1) is 18.7. The van der Waals surface area contributed by atoms with E-state index < -0.39 is 6.10 Å². The number of hydrogen-bond donors (Lipinski definition) is 2. The van der Waals surface area contributed by atoms with Crippen LogP contribution in [0.2, 0.25) is 0 Å². The Balaban J connectivity index is 1.66. The smallest absolute Gasteiger partial charge is 0.244 e. The highest BCUT2D eigenvalue weighted by atomic mass is 32.2. The van der Waals surface area contributed by atoms with E-state index in [0.717, 1.165) is 36.1 Å². The lowest BCUT2D eigenvalue weighted by molar-refractivity contribution is -0.118. The normalized spacial score (nSPS) is 20.2. The minimum atomic E-state index is -0.425. The van der Waals surface area contributed by atoms with Crippen LogP contribution in [0.15, 0.2) is 64.4 Å². The van der Waals surface area contributed by atoms with E-state index >= 15 is 0 Å². The van der Waals surface area contributed by atoms with Crippen molar-refractivity contribution in [1.29, 1.82) is 0 Å². The molecule has 1 aliphatic carbocycles. The van der Waals surface area contributed by atoms with Crippen LogP contribution in [0.5, 0.6) is 0 Å². The lowest BCUT2D eigenvalue weighted by Gasteiger charge is -2.27. The van der Waals surface area contributed by atoms with Gasteiger partial charge in [-0.15, -0.1) is 0 Å². The lowest BCUT2D eigenvalue weighted by Crippen LogP contribution is -2.44. The number of carbonyl (C=O) groups excluding carboxylic acids is 1. The summed E-state index contributed by atoms with van der Waals surface area (Å²) in [7, 11) is 0. The fraction of sp³-hybridized carbons (Fsp3) is 0.318. The largest absolute Gasteiger partial charge is 0.391 e. The van der Waals surface area contributed by atoms with Crippen molar-refractivity contribution in [3.05, 3.63) is 65.7 Å². The first-order valence-electron chi connectivity index (χ1n) is 9.12. The molecule has 3 rings (SSSR count). The van der Waals surface area contributed by atoms with Crippen LogP contribution in [0.1, 0.15) is 36.8 Å². The maximum atomic E-state index is 12.2. The molecule has 26 heavy (non-hydrogen) atoms. The van der Waals surface area contributed by atoms with Gasteiger partial charge in [0.2, 0.25) is 5.91 Å². The summed E-state index contributed by atoms with van der Waals surface area (Å²) in [6, 6.07) is 16.3. The molecule has 0 aromatic heterocycles. The molecular formula is C22H25NO2S. The molecule has 0 heterocycles. The van der Waals surface area contributed by atoms with Crippen LogP contribution in [0.3, 0.4) is 0 Å². The van der Waals surface area contributed by atoms with E-state index in [1.807, 2.05) is 24.3 Å². The maximum Gasteiger partial charge on any atom is 0.244 e. The molecule has 0 bridgehead atoms. The second-order valence-electron chi connectivity index (χ2n) is 6.75. The minimum Gasteiger partial charge on any atom is -0.391 e. The zero-order chi connectivity index (χ0) is 18.4. The van der Waals surface area contributed by atoms with Crippen LogP contribution >= 0.6 is 11.8 Å². The number of hydrogen-bond acceptors (Lipinski definition) is 3. The third kappa shape index (κ3) is 5.23. The molecule has 2 N–H and O–H groups in total. The van der Waals surface area contributed by atoms with Gasteiger partial charge in [0.15, 0.2) is 0 Å². The average molecular weight is 368 g/mol. The van der Waals surface area contributed by atoms with E-state index in [1.165, 1.54) is 10.5 Å².